The van der Waals surface area contributed by atoms with Crippen LogP contribution < -0.4 is 0 Å². The molecule has 0 spiro atoms. The molecule has 0 aromatic carbocycles. The Hall–Kier alpha value is -0.630. The highest BCUT2D eigenvalue weighted by molar-refractivity contribution is 5.90. The van der Waals surface area contributed by atoms with Crippen molar-refractivity contribution in [2.24, 2.45) is 5.92 Å². The SMILES string of the molecule is C=C(C)C1(O)CC[C@@H](C)CC1=O. The number of carbonyl (C=O) groups excluding carboxylic acids is 1. The first-order valence-corrected chi connectivity index (χ1v) is 4.38. The Kier molecular flexibility index (Phi) is 2.38. The largest absolute Gasteiger partial charge is 0.378 e. The Bertz CT molecular complexity index is 220. The Morgan fingerprint density at radius 3 is 2.75 bits per heavy atom. The third-order valence-corrected chi connectivity index (χ3v) is 2.70. The summed E-state index contributed by atoms with van der Waals surface area (Å²) in [7, 11) is 0. The van der Waals surface area contributed by atoms with Crippen molar-refractivity contribution in [2.75, 3.05) is 0 Å². The number of Topliss-reactive ketones (excluding diaryl/α,β-unsaturated/α-hetero) is 1. The molecule has 0 radical (unpaired) electrons. The van der Waals surface area contributed by atoms with E-state index in [1.807, 2.05) is 6.92 Å². The van der Waals surface area contributed by atoms with Gasteiger partial charge in [0.25, 0.3) is 0 Å². The zero-order valence-corrected chi connectivity index (χ0v) is 7.76. The van der Waals surface area contributed by atoms with Crippen LogP contribution in [0.2, 0.25) is 0 Å². The third kappa shape index (κ3) is 1.44. The van der Waals surface area contributed by atoms with Gasteiger partial charge >= 0.3 is 0 Å². The lowest BCUT2D eigenvalue weighted by Gasteiger charge is -2.33. The summed E-state index contributed by atoms with van der Waals surface area (Å²) in [6.07, 6.45) is 1.95. The Morgan fingerprint density at radius 2 is 2.33 bits per heavy atom. The molecule has 1 aliphatic carbocycles. The Balaban J connectivity index is 2.80. The molecule has 0 aromatic rings. The first-order chi connectivity index (χ1) is 5.47. The summed E-state index contributed by atoms with van der Waals surface area (Å²) in [5, 5.41) is 9.89. The van der Waals surface area contributed by atoms with Gasteiger partial charge in [0.1, 0.15) is 5.60 Å². The highest BCUT2D eigenvalue weighted by atomic mass is 16.3. The molecule has 1 unspecified atom stereocenters. The molecule has 0 bridgehead atoms. The number of carbonyl (C=O) groups is 1. The van der Waals surface area contributed by atoms with Crippen molar-refractivity contribution >= 4 is 5.78 Å². The lowest BCUT2D eigenvalue weighted by molar-refractivity contribution is -0.138. The van der Waals surface area contributed by atoms with Crippen molar-refractivity contribution in [3.8, 4) is 0 Å². The molecule has 68 valence electrons. The average Bonchev–Trinajstić information content (AvgIpc) is 1.97. The van der Waals surface area contributed by atoms with Crippen LogP contribution in [0.4, 0.5) is 0 Å². The van der Waals surface area contributed by atoms with Crippen molar-refractivity contribution < 1.29 is 9.90 Å². The average molecular weight is 168 g/mol. The summed E-state index contributed by atoms with van der Waals surface area (Å²) in [5.41, 5.74) is -0.633. The zero-order valence-electron chi connectivity index (χ0n) is 7.76. The fourth-order valence-electron chi connectivity index (χ4n) is 1.63. The Morgan fingerprint density at radius 1 is 1.75 bits per heavy atom. The van der Waals surface area contributed by atoms with Crippen molar-refractivity contribution in [1.82, 2.24) is 0 Å². The van der Waals surface area contributed by atoms with E-state index >= 15 is 0 Å². The minimum absolute atomic E-state index is 0.0613. The molecule has 2 heteroatoms. The first-order valence-electron chi connectivity index (χ1n) is 4.38. The molecule has 1 N–H and O–H groups in total. The van der Waals surface area contributed by atoms with Crippen molar-refractivity contribution in [3.05, 3.63) is 12.2 Å². The second kappa shape index (κ2) is 3.02. The fraction of sp³-hybridized carbons (Fsp3) is 0.700. The minimum atomic E-state index is -1.22. The molecular formula is C10H16O2. The minimum Gasteiger partial charge on any atom is -0.378 e. The molecule has 1 rings (SSSR count). The van der Waals surface area contributed by atoms with Crippen molar-refractivity contribution in [2.45, 2.75) is 38.7 Å². The quantitative estimate of drug-likeness (QED) is 0.605. The predicted molar refractivity (Wildman–Crippen MR) is 47.8 cm³/mol. The van der Waals surface area contributed by atoms with E-state index < -0.39 is 5.60 Å². The summed E-state index contributed by atoms with van der Waals surface area (Å²) in [4.78, 5) is 11.5. The molecule has 0 aromatic heterocycles. The molecular weight excluding hydrogens is 152 g/mol. The third-order valence-electron chi connectivity index (χ3n) is 2.70. The van der Waals surface area contributed by atoms with Gasteiger partial charge in [0.15, 0.2) is 5.78 Å². The molecule has 0 amide bonds. The van der Waals surface area contributed by atoms with Gasteiger partial charge in [-0.15, -0.1) is 0 Å². The molecule has 12 heavy (non-hydrogen) atoms. The summed E-state index contributed by atoms with van der Waals surface area (Å²) in [6.45, 7) is 7.41. The van der Waals surface area contributed by atoms with Gasteiger partial charge in [-0.05, 0) is 31.3 Å². The molecule has 0 heterocycles. The van der Waals surface area contributed by atoms with Gasteiger partial charge < -0.3 is 5.11 Å². The molecule has 0 aliphatic heterocycles. The van der Waals surface area contributed by atoms with Crippen LogP contribution >= 0.6 is 0 Å². The standard InChI is InChI=1S/C10H16O2/c1-7(2)10(12)5-4-8(3)6-9(10)11/h8,12H,1,4-6H2,2-3H3/t8-,10?/m1/s1. The van der Waals surface area contributed by atoms with E-state index in [2.05, 4.69) is 6.58 Å². The van der Waals surface area contributed by atoms with E-state index in [0.29, 0.717) is 24.3 Å². The van der Waals surface area contributed by atoms with Crippen LogP contribution in [0, 0.1) is 5.92 Å². The van der Waals surface area contributed by atoms with Crippen LogP contribution in [0.15, 0.2) is 12.2 Å². The van der Waals surface area contributed by atoms with Crippen molar-refractivity contribution in [3.63, 3.8) is 0 Å². The topological polar surface area (TPSA) is 37.3 Å². The smallest absolute Gasteiger partial charge is 0.168 e. The first kappa shape index (κ1) is 9.46. The maximum absolute atomic E-state index is 11.5. The zero-order chi connectivity index (χ0) is 9.35. The van der Waals surface area contributed by atoms with E-state index in [4.69, 9.17) is 0 Å². The summed E-state index contributed by atoms with van der Waals surface area (Å²) >= 11 is 0. The van der Waals surface area contributed by atoms with E-state index in [1.54, 1.807) is 6.92 Å². The molecule has 2 nitrogen and oxygen atoms in total. The molecule has 1 fully saturated rings. The van der Waals surface area contributed by atoms with Crippen molar-refractivity contribution in [1.29, 1.82) is 0 Å². The number of hydrogen-bond acceptors (Lipinski definition) is 2. The maximum atomic E-state index is 11.5. The van der Waals surface area contributed by atoms with Gasteiger partial charge in [0, 0.05) is 6.42 Å². The van der Waals surface area contributed by atoms with E-state index in [9.17, 15) is 9.90 Å². The summed E-state index contributed by atoms with van der Waals surface area (Å²) in [6, 6.07) is 0. The monoisotopic (exact) mass is 168 g/mol. The second-order valence-electron chi connectivity index (χ2n) is 3.91. The van der Waals surface area contributed by atoms with Crippen LogP contribution in [0.25, 0.3) is 0 Å². The number of aliphatic hydroxyl groups is 1. The number of hydrogen-bond donors (Lipinski definition) is 1. The molecule has 1 aliphatic rings. The van der Waals surface area contributed by atoms with E-state index in [-0.39, 0.29) is 5.78 Å². The van der Waals surface area contributed by atoms with Gasteiger partial charge in [0.05, 0.1) is 0 Å². The van der Waals surface area contributed by atoms with Crippen LogP contribution in [0.5, 0.6) is 0 Å². The van der Waals surface area contributed by atoms with Gasteiger partial charge in [0.2, 0.25) is 0 Å². The molecule has 0 saturated heterocycles. The Labute approximate surface area is 73.3 Å². The maximum Gasteiger partial charge on any atom is 0.168 e. The van der Waals surface area contributed by atoms with Gasteiger partial charge in [-0.3, -0.25) is 4.79 Å². The number of ketones is 1. The van der Waals surface area contributed by atoms with E-state index in [1.165, 1.54) is 0 Å². The van der Waals surface area contributed by atoms with Crippen LogP contribution in [0.3, 0.4) is 0 Å². The van der Waals surface area contributed by atoms with Crippen LogP contribution in [-0.2, 0) is 4.79 Å². The van der Waals surface area contributed by atoms with Gasteiger partial charge in [-0.2, -0.15) is 0 Å². The molecule has 2 atom stereocenters. The predicted octanol–water partition coefficient (Wildman–Crippen LogP) is 1.68. The number of rotatable bonds is 1. The normalized spacial score (nSPS) is 36.6. The highest BCUT2D eigenvalue weighted by Gasteiger charge is 2.40. The summed E-state index contributed by atoms with van der Waals surface area (Å²) in [5.74, 6) is 0.353. The van der Waals surface area contributed by atoms with E-state index in [0.717, 1.165) is 6.42 Å². The van der Waals surface area contributed by atoms with Crippen LogP contribution in [-0.4, -0.2) is 16.5 Å². The highest BCUT2D eigenvalue weighted by Crippen LogP contribution is 2.33. The second-order valence-corrected chi connectivity index (χ2v) is 3.91. The van der Waals surface area contributed by atoms with Crippen LogP contribution in [0.1, 0.15) is 33.1 Å². The van der Waals surface area contributed by atoms with Gasteiger partial charge in [-0.1, -0.05) is 13.5 Å². The van der Waals surface area contributed by atoms with Gasteiger partial charge in [-0.25, -0.2) is 0 Å². The lowest BCUT2D eigenvalue weighted by Crippen LogP contribution is -2.43. The molecule has 1 saturated carbocycles. The fourth-order valence-corrected chi connectivity index (χ4v) is 1.63. The summed E-state index contributed by atoms with van der Waals surface area (Å²) < 4.78 is 0. The lowest BCUT2D eigenvalue weighted by atomic mass is 9.75.